The first-order valence-corrected chi connectivity index (χ1v) is 7.99. The Kier molecular flexibility index (Phi) is 3.91. The van der Waals surface area contributed by atoms with Crippen molar-refractivity contribution >= 4 is 17.2 Å². The maximum atomic E-state index is 12.9. The molecule has 5 nitrogen and oxygen atoms in total. The van der Waals surface area contributed by atoms with Crippen molar-refractivity contribution in [2.45, 2.75) is 32.0 Å². The summed E-state index contributed by atoms with van der Waals surface area (Å²) in [6.07, 6.45) is -2.98. The van der Waals surface area contributed by atoms with Crippen molar-refractivity contribution in [3.8, 4) is 0 Å². The lowest BCUT2D eigenvalue weighted by molar-refractivity contribution is -0.143. The molecule has 0 radical (unpaired) electrons. The van der Waals surface area contributed by atoms with Gasteiger partial charge in [-0.3, -0.25) is 9.48 Å². The molecule has 0 spiro atoms. The standard InChI is InChI=1S/C14H15F3N4OS/c1-8-18-10(7-23-8)11-4-3-5-21(11)13(22)9-6-12(14(15,16)17)20(2)19-9/h6-7,11H,3-5H2,1-2H3/t11-/m1/s1. The molecule has 2 aromatic rings. The number of hydrogen-bond donors (Lipinski definition) is 0. The number of amides is 1. The van der Waals surface area contributed by atoms with Gasteiger partial charge in [0.25, 0.3) is 5.91 Å². The van der Waals surface area contributed by atoms with Crippen LogP contribution < -0.4 is 0 Å². The number of thiazole rings is 1. The van der Waals surface area contributed by atoms with Crippen LogP contribution in [0.5, 0.6) is 0 Å². The summed E-state index contributed by atoms with van der Waals surface area (Å²) < 4.78 is 39.3. The molecular formula is C14H15F3N4OS. The van der Waals surface area contributed by atoms with Gasteiger partial charge in [0.2, 0.25) is 0 Å². The Morgan fingerprint density at radius 3 is 2.74 bits per heavy atom. The molecular weight excluding hydrogens is 329 g/mol. The van der Waals surface area contributed by atoms with Gasteiger partial charge in [0.15, 0.2) is 5.69 Å². The molecule has 1 amide bonds. The lowest BCUT2D eigenvalue weighted by Gasteiger charge is -2.22. The highest BCUT2D eigenvalue weighted by Gasteiger charge is 2.38. The molecule has 0 aliphatic carbocycles. The third-order valence-corrected chi connectivity index (χ3v) is 4.67. The van der Waals surface area contributed by atoms with Crippen molar-refractivity contribution in [3.05, 3.63) is 33.5 Å². The molecule has 1 fully saturated rings. The van der Waals surface area contributed by atoms with Gasteiger partial charge in [-0.2, -0.15) is 18.3 Å². The molecule has 1 aliphatic heterocycles. The molecule has 0 aromatic carbocycles. The van der Waals surface area contributed by atoms with E-state index in [1.54, 1.807) is 4.90 Å². The molecule has 0 unspecified atom stereocenters. The number of hydrogen-bond acceptors (Lipinski definition) is 4. The number of aryl methyl sites for hydroxylation is 2. The van der Waals surface area contributed by atoms with E-state index in [1.165, 1.54) is 18.4 Å². The Morgan fingerprint density at radius 1 is 1.43 bits per heavy atom. The molecule has 9 heteroatoms. The summed E-state index contributed by atoms with van der Waals surface area (Å²) in [6, 6.07) is 0.619. The number of halogens is 3. The Bertz CT molecular complexity index is 737. The average molecular weight is 344 g/mol. The lowest BCUT2D eigenvalue weighted by atomic mass is 10.1. The third kappa shape index (κ3) is 2.97. The van der Waals surface area contributed by atoms with Crippen LogP contribution >= 0.6 is 11.3 Å². The van der Waals surface area contributed by atoms with Gasteiger partial charge in [-0.05, 0) is 19.8 Å². The van der Waals surface area contributed by atoms with Gasteiger partial charge in [-0.15, -0.1) is 11.3 Å². The summed E-state index contributed by atoms with van der Waals surface area (Å²) in [5.74, 6) is -0.482. The predicted molar refractivity (Wildman–Crippen MR) is 78.1 cm³/mol. The van der Waals surface area contributed by atoms with E-state index >= 15 is 0 Å². The van der Waals surface area contributed by atoms with E-state index in [0.29, 0.717) is 11.2 Å². The topological polar surface area (TPSA) is 51.0 Å². The summed E-state index contributed by atoms with van der Waals surface area (Å²) in [4.78, 5) is 18.6. The molecule has 1 aliphatic rings. The van der Waals surface area contributed by atoms with Gasteiger partial charge in [-0.1, -0.05) is 0 Å². The highest BCUT2D eigenvalue weighted by Crippen LogP contribution is 2.34. The second kappa shape index (κ2) is 5.63. The van der Waals surface area contributed by atoms with E-state index in [9.17, 15) is 18.0 Å². The highest BCUT2D eigenvalue weighted by atomic mass is 32.1. The minimum atomic E-state index is -4.53. The predicted octanol–water partition coefficient (Wildman–Crippen LogP) is 3.18. The van der Waals surface area contributed by atoms with Crippen LogP contribution in [0.4, 0.5) is 13.2 Å². The Morgan fingerprint density at radius 2 is 2.17 bits per heavy atom. The van der Waals surface area contributed by atoms with Crippen LogP contribution in [0.3, 0.4) is 0 Å². The third-order valence-electron chi connectivity index (χ3n) is 3.88. The van der Waals surface area contributed by atoms with Crippen LogP contribution in [0.1, 0.15) is 45.8 Å². The number of carbonyl (C=O) groups is 1. The van der Waals surface area contributed by atoms with Gasteiger partial charge >= 0.3 is 6.18 Å². The number of carbonyl (C=O) groups excluding carboxylic acids is 1. The average Bonchev–Trinajstić information content (AvgIpc) is 3.15. The zero-order valence-electron chi connectivity index (χ0n) is 12.6. The van der Waals surface area contributed by atoms with Crippen molar-refractivity contribution in [3.63, 3.8) is 0 Å². The molecule has 1 atom stereocenters. The Hall–Kier alpha value is -1.90. The summed E-state index contributed by atoms with van der Waals surface area (Å²) in [6.45, 7) is 2.38. The van der Waals surface area contributed by atoms with Crippen LogP contribution in [0, 0.1) is 6.92 Å². The summed E-state index contributed by atoms with van der Waals surface area (Å²) >= 11 is 1.49. The Labute approximate surface area is 134 Å². The van der Waals surface area contributed by atoms with E-state index in [0.717, 1.165) is 29.6 Å². The summed E-state index contributed by atoms with van der Waals surface area (Å²) in [5, 5.41) is 6.54. The van der Waals surface area contributed by atoms with E-state index in [-0.39, 0.29) is 11.7 Å². The molecule has 23 heavy (non-hydrogen) atoms. The zero-order chi connectivity index (χ0) is 16.8. The summed E-state index contributed by atoms with van der Waals surface area (Å²) in [5.41, 5.74) is -0.315. The number of nitrogens with zero attached hydrogens (tertiary/aromatic N) is 4. The fraction of sp³-hybridized carbons (Fsp3) is 0.500. The number of rotatable bonds is 2. The largest absolute Gasteiger partial charge is 0.433 e. The maximum absolute atomic E-state index is 12.9. The van der Waals surface area contributed by atoms with Gasteiger partial charge in [0, 0.05) is 25.0 Å². The fourth-order valence-corrected chi connectivity index (χ4v) is 3.49. The quantitative estimate of drug-likeness (QED) is 0.841. The zero-order valence-corrected chi connectivity index (χ0v) is 13.4. The smallest absolute Gasteiger partial charge is 0.329 e. The van der Waals surface area contributed by atoms with Crippen LogP contribution in [-0.2, 0) is 13.2 Å². The molecule has 0 bridgehead atoms. The van der Waals surface area contributed by atoms with E-state index in [4.69, 9.17) is 0 Å². The van der Waals surface area contributed by atoms with E-state index in [1.807, 2.05) is 12.3 Å². The van der Waals surface area contributed by atoms with Crippen molar-refractivity contribution in [2.75, 3.05) is 6.54 Å². The van der Waals surface area contributed by atoms with Crippen molar-refractivity contribution < 1.29 is 18.0 Å². The monoisotopic (exact) mass is 344 g/mol. The number of alkyl halides is 3. The first kappa shape index (κ1) is 16.0. The van der Waals surface area contributed by atoms with Crippen LogP contribution in [0.15, 0.2) is 11.4 Å². The van der Waals surface area contributed by atoms with Crippen molar-refractivity contribution in [1.82, 2.24) is 19.7 Å². The van der Waals surface area contributed by atoms with Gasteiger partial charge < -0.3 is 4.90 Å². The molecule has 0 saturated carbocycles. The van der Waals surface area contributed by atoms with Crippen LogP contribution in [0.2, 0.25) is 0 Å². The van der Waals surface area contributed by atoms with Crippen LogP contribution in [-0.4, -0.2) is 32.1 Å². The minimum absolute atomic E-state index is 0.182. The van der Waals surface area contributed by atoms with Crippen LogP contribution in [0.25, 0.3) is 0 Å². The molecule has 2 aromatic heterocycles. The SMILES string of the molecule is Cc1nc([C@H]2CCCN2C(=O)c2cc(C(F)(F)F)n(C)n2)cs1. The second-order valence-corrected chi connectivity index (χ2v) is 6.55. The first-order valence-electron chi connectivity index (χ1n) is 7.11. The Balaban J connectivity index is 1.88. The van der Waals surface area contributed by atoms with E-state index in [2.05, 4.69) is 10.1 Å². The lowest BCUT2D eigenvalue weighted by Crippen LogP contribution is -2.31. The van der Waals surface area contributed by atoms with Gasteiger partial charge in [0.1, 0.15) is 5.69 Å². The molecule has 3 heterocycles. The normalized spacial score (nSPS) is 18.7. The number of aromatic nitrogens is 3. The van der Waals surface area contributed by atoms with Crippen molar-refractivity contribution in [1.29, 1.82) is 0 Å². The first-order chi connectivity index (χ1) is 10.8. The van der Waals surface area contributed by atoms with Gasteiger partial charge in [-0.25, -0.2) is 4.98 Å². The highest BCUT2D eigenvalue weighted by molar-refractivity contribution is 7.09. The van der Waals surface area contributed by atoms with Crippen molar-refractivity contribution in [2.24, 2.45) is 7.05 Å². The number of likely N-dealkylation sites (tertiary alicyclic amines) is 1. The molecule has 124 valence electrons. The molecule has 1 saturated heterocycles. The fourth-order valence-electron chi connectivity index (χ4n) is 2.83. The minimum Gasteiger partial charge on any atom is -0.329 e. The van der Waals surface area contributed by atoms with Gasteiger partial charge in [0.05, 0.1) is 16.7 Å². The maximum Gasteiger partial charge on any atom is 0.433 e. The molecule has 3 rings (SSSR count). The second-order valence-electron chi connectivity index (χ2n) is 5.48. The molecule has 0 N–H and O–H groups in total. The summed E-state index contributed by atoms with van der Waals surface area (Å²) in [7, 11) is 1.19. The van der Waals surface area contributed by atoms with E-state index < -0.39 is 17.8 Å².